The zero-order chi connectivity index (χ0) is 12.3. The second kappa shape index (κ2) is 6.56. The van der Waals surface area contributed by atoms with E-state index < -0.39 is 20.0 Å². The smallest absolute Gasteiger partial charge is 0.211 e. The van der Waals surface area contributed by atoms with Crippen molar-refractivity contribution in [1.82, 2.24) is 4.13 Å². The molecule has 0 atom stereocenters. The molecule has 0 aliphatic heterocycles. The average Bonchev–Trinajstić information content (AvgIpc) is 1.73. The molecule has 7 heteroatoms. The third-order valence-electron chi connectivity index (χ3n) is 1.36. The Labute approximate surface area is 99.7 Å². The van der Waals surface area contributed by atoms with E-state index in [4.69, 9.17) is 0 Å². The van der Waals surface area contributed by atoms with Crippen molar-refractivity contribution in [1.29, 1.82) is 0 Å². The molecule has 100 valence electrons. The zero-order valence-corrected chi connectivity index (χ0v) is 11.2. The van der Waals surface area contributed by atoms with E-state index in [9.17, 15) is 16.8 Å². The van der Waals surface area contributed by atoms with Gasteiger partial charge < -0.3 is 0 Å². The summed E-state index contributed by atoms with van der Waals surface area (Å²) in [6, 6.07) is 0. The third-order valence-corrected chi connectivity index (χ3v) is 5.60. The fourth-order valence-electron chi connectivity index (χ4n) is 1.14. The van der Waals surface area contributed by atoms with Crippen LogP contribution in [0.3, 0.4) is 0 Å². The summed E-state index contributed by atoms with van der Waals surface area (Å²) in [6.45, 7) is 6.87. The molecule has 16 heavy (non-hydrogen) atoms. The molecule has 0 amide bonds. The molecule has 0 aliphatic rings. The lowest BCUT2D eigenvalue weighted by molar-refractivity contribution is 0.563. The highest BCUT2D eigenvalue weighted by Crippen LogP contribution is 2.03. The lowest BCUT2D eigenvalue weighted by Gasteiger charge is -2.10. The first-order valence-corrected chi connectivity index (χ1v) is 8.08. The first-order chi connectivity index (χ1) is 6.54. The number of hydrogen-bond donors (Lipinski definition) is 1. The van der Waals surface area contributed by atoms with Gasteiger partial charge in [0, 0.05) is 0 Å². The Kier molecular flexibility index (Phi) is 7.47. The van der Waals surface area contributed by atoms with Crippen LogP contribution in [0.25, 0.3) is 0 Å². The molecule has 0 radical (unpaired) electrons. The predicted octanol–water partition coefficient (Wildman–Crippen LogP) is 1.18. The van der Waals surface area contributed by atoms with Gasteiger partial charge in [0.25, 0.3) is 0 Å². The van der Waals surface area contributed by atoms with Gasteiger partial charge in [-0.05, 0) is 11.8 Å². The maximum absolute atomic E-state index is 11.3. The summed E-state index contributed by atoms with van der Waals surface area (Å²) < 4.78 is 47.1. The van der Waals surface area contributed by atoms with E-state index in [1.165, 1.54) is 0 Å². The van der Waals surface area contributed by atoms with E-state index in [-0.39, 0.29) is 30.8 Å². The molecule has 0 aromatic heterocycles. The van der Waals surface area contributed by atoms with E-state index in [1.807, 2.05) is 0 Å². The van der Waals surface area contributed by atoms with Gasteiger partial charge in [-0.3, -0.25) is 0 Å². The van der Waals surface area contributed by atoms with Gasteiger partial charge in [-0.25, -0.2) is 16.8 Å². The maximum Gasteiger partial charge on any atom is 0.224 e. The number of hydrogen-bond acceptors (Lipinski definition) is 4. The van der Waals surface area contributed by atoms with Crippen LogP contribution in [0, 0.1) is 11.8 Å². The summed E-state index contributed by atoms with van der Waals surface area (Å²) in [5, 5.41) is 0. The Bertz CT molecular complexity index is 344. The van der Waals surface area contributed by atoms with Crippen molar-refractivity contribution in [2.45, 2.75) is 35.1 Å². The van der Waals surface area contributed by atoms with Gasteiger partial charge in [-0.1, -0.05) is 35.1 Å². The highest BCUT2D eigenvalue weighted by atomic mass is 32.3. The summed E-state index contributed by atoms with van der Waals surface area (Å²) in [6.07, 6.45) is 0. The molecule has 0 aliphatic carbocycles. The van der Waals surface area contributed by atoms with Crippen LogP contribution in [-0.2, 0) is 20.0 Å². The summed E-state index contributed by atoms with van der Waals surface area (Å²) >= 11 is 0. The lowest BCUT2D eigenvalue weighted by atomic mass is 10.3. The number of sulfonamides is 2. The second-order valence-electron chi connectivity index (χ2n) is 4.43. The van der Waals surface area contributed by atoms with Gasteiger partial charge in [-0.15, -0.1) is 4.13 Å². The van der Waals surface area contributed by atoms with Crippen LogP contribution in [0.2, 0.25) is 0 Å². The number of rotatable bonds is 6. The van der Waals surface area contributed by atoms with Crippen LogP contribution in [-0.4, -0.2) is 28.3 Å². The molecular formula is C9H23NO4S2. The topological polar surface area (TPSA) is 80.3 Å². The fourth-order valence-corrected chi connectivity index (χ4v) is 4.99. The van der Waals surface area contributed by atoms with Gasteiger partial charge in [0.1, 0.15) is 0 Å². The Balaban J connectivity index is 0. The molecule has 0 bridgehead atoms. The Morgan fingerprint density at radius 2 is 1.06 bits per heavy atom. The van der Waals surface area contributed by atoms with E-state index >= 15 is 0 Å². The Hall–Kier alpha value is -0.140. The van der Waals surface area contributed by atoms with E-state index in [2.05, 4.69) is 0 Å². The van der Waals surface area contributed by atoms with Crippen molar-refractivity contribution in [2.24, 2.45) is 11.8 Å². The van der Waals surface area contributed by atoms with Gasteiger partial charge in [0.05, 0.1) is 11.5 Å². The van der Waals surface area contributed by atoms with Crippen LogP contribution in [0.1, 0.15) is 35.1 Å². The largest absolute Gasteiger partial charge is 0.224 e. The quantitative estimate of drug-likeness (QED) is 0.788. The third kappa shape index (κ3) is 9.11. The van der Waals surface area contributed by atoms with E-state index in [1.54, 1.807) is 31.8 Å². The van der Waals surface area contributed by atoms with E-state index in [0.717, 1.165) is 0 Å². The minimum atomic E-state index is -3.72. The van der Waals surface area contributed by atoms with Crippen molar-refractivity contribution in [3.8, 4) is 0 Å². The highest BCUT2D eigenvalue weighted by molar-refractivity contribution is 8.04. The Morgan fingerprint density at radius 1 is 0.812 bits per heavy atom. The van der Waals surface area contributed by atoms with Gasteiger partial charge in [0.2, 0.25) is 20.0 Å². The van der Waals surface area contributed by atoms with Crippen LogP contribution < -0.4 is 4.13 Å². The van der Waals surface area contributed by atoms with Crippen molar-refractivity contribution < 1.29 is 16.8 Å². The SMILES string of the molecule is C.CC(C)CS(=O)(=O)NS(=O)(=O)CC(C)C. The average molecular weight is 273 g/mol. The molecule has 0 saturated heterocycles. The first kappa shape index (κ1) is 18.2. The van der Waals surface area contributed by atoms with Crippen molar-refractivity contribution in [3.63, 3.8) is 0 Å². The summed E-state index contributed by atoms with van der Waals surface area (Å²) in [4.78, 5) is 0. The summed E-state index contributed by atoms with van der Waals surface area (Å²) in [5.41, 5.74) is 0. The van der Waals surface area contributed by atoms with Crippen molar-refractivity contribution in [3.05, 3.63) is 0 Å². The van der Waals surface area contributed by atoms with Crippen molar-refractivity contribution in [2.75, 3.05) is 11.5 Å². The molecule has 0 heterocycles. The maximum atomic E-state index is 11.3. The van der Waals surface area contributed by atoms with Crippen molar-refractivity contribution >= 4 is 20.0 Å². The van der Waals surface area contributed by atoms with Gasteiger partial charge in [-0.2, -0.15) is 0 Å². The second-order valence-corrected chi connectivity index (χ2v) is 8.23. The van der Waals surface area contributed by atoms with Crippen LogP contribution in [0.5, 0.6) is 0 Å². The minimum Gasteiger partial charge on any atom is -0.211 e. The standard InChI is InChI=1S/C8H19NO4S2.CH4/c1-7(2)5-14(10,11)9-15(12,13)6-8(3)4;/h7-9H,5-6H2,1-4H3;1H4. The predicted molar refractivity (Wildman–Crippen MR) is 67.1 cm³/mol. The summed E-state index contributed by atoms with van der Waals surface area (Å²) in [5.74, 6) is -0.553. The molecule has 0 spiro atoms. The molecule has 0 rings (SSSR count). The molecule has 0 aromatic rings. The van der Waals surface area contributed by atoms with Gasteiger partial charge in [0.15, 0.2) is 0 Å². The Morgan fingerprint density at radius 3 is 1.25 bits per heavy atom. The van der Waals surface area contributed by atoms with Crippen LogP contribution in [0.4, 0.5) is 0 Å². The summed E-state index contributed by atoms with van der Waals surface area (Å²) in [7, 11) is -7.44. The monoisotopic (exact) mass is 273 g/mol. The molecule has 1 N–H and O–H groups in total. The highest BCUT2D eigenvalue weighted by Gasteiger charge is 2.22. The normalized spacial score (nSPS) is 12.9. The fraction of sp³-hybridized carbons (Fsp3) is 1.00. The molecule has 0 aromatic carbocycles. The van der Waals surface area contributed by atoms with Gasteiger partial charge >= 0.3 is 0 Å². The molecule has 0 unspecified atom stereocenters. The first-order valence-electron chi connectivity index (χ1n) is 4.78. The molecule has 0 fully saturated rings. The minimum absolute atomic E-state index is 0. The van der Waals surface area contributed by atoms with Crippen LogP contribution >= 0.6 is 0 Å². The van der Waals surface area contributed by atoms with Crippen LogP contribution in [0.15, 0.2) is 0 Å². The zero-order valence-electron chi connectivity index (χ0n) is 9.52. The molecular weight excluding hydrogens is 250 g/mol. The lowest BCUT2D eigenvalue weighted by Crippen LogP contribution is -2.36. The molecule has 5 nitrogen and oxygen atoms in total. The number of nitrogens with one attached hydrogen (secondary N) is 1. The van der Waals surface area contributed by atoms with E-state index in [0.29, 0.717) is 0 Å². The molecule has 0 saturated carbocycles.